The van der Waals surface area contributed by atoms with Crippen LogP contribution >= 0.6 is 0 Å². The van der Waals surface area contributed by atoms with E-state index in [4.69, 9.17) is 4.74 Å². The van der Waals surface area contributed by atoms with Gasteiger partial charge in [-0.3, -0.25) is 14.3 Å². The highest BCUT2D eigenvalue weighted by molar-refractivity contribution is 4.90. The fraction of sp³-hybridized carbons (Fsp3) is 0.636. The Bertz CT molecular complexity index is 522. The van der Waals surface area contributed by atoms with Gasteiger partial charge in [0.05, 0.1) is 12.3 Å². The van der Waals surface area contributed by atoms with E-state index < -0.39 is 23.3 Å². The number of hydrogen-bond acceptors (Lipinski definition) is 3. The molecule has 0 unspecified atom stereocenters. The highest BCUT2D eigenvalue weighted by Gasteiger charge is 2.32. The number of nitrogens with one attached hydrogen (secondary N) is 1. The van der Waals surface area contributed by atoms with E-state index >= 15 is 0 Å². The normalized spacial score (nSPS) is 28.5. The second-order valence-electron chi connectivity index (χ2n) is 4.39. The first kappa shape index (κ1) is 12.0. The number of aromatic amines is 1. The molecule has 0 aliphatic carbocycles. The van der Waals surface area contributed by atoms with Crippen molar-refractivity contribution >= 4 is 0 Å². The summed E-state index contributed by atoms with van der Waals surface area (Å²) in [4.78, 5) is 24.4. The highest BCUT2D eigenvalue weighted by atomic mass is 19.1. The second kappa shape index (κ2) is 4.44. The molecule has 5 nitrogen and oxygen atoms in total. The summed E-state index contributed by atoms with van der Waals surface area (Å²) in [6.07, 6.45) is 1.98. The highest BCUT2D eigenvalue weighted by Crippen LogP contribution is 2.33. The SMILES string of the molecule is CC[C@H]1O[C@@H](n2cc(F)c(=O)[nH]c2=O)C[C@@H]1C. The van der Waals surface area contributed by atoms with Crippen LogP contribution in [0.4, 0.5) is 4.39 Å². The molecule has 2 rings (SSSR count). The van der Waals surface area contributed by atoms with Crippen molar-refractivity contribution in [2.45, 2.75) is 39.0 Å². The van der Waals surface area contributed by atoms with E-state index in [1.165, 1.54) is 0 Å². The van der Waals surface area contributed by atoms with Crippen LogP contribution in [0.1, 0.15) is 32.9 Å². The summed E-state index contributed by atoms with van der Waals surface area (Å²) in [6.45, 7) is 4.03. The second-order valence-corrected chi connectivity index (χ2v) is 4.39. The van der Waals surface area contributed by atoms with Crippen molar-refractivity contribution in [1.82, 2.24) is 9.55 Å². The molecule has 17 heavy (non-hydrogen) atoms. The molecule has 94 valence electrons. The van der Waals surface area contributed by atoms with Crippen molar-refractivity contribution in [3.05, 3.63) is 32.9 Å². The number of ether oxygens (including phenoxy) is 1. The van der Waals surface area contributed by atoms with Crippen molar-refractivity contribution in [2.75, 3.05) is 0 Å². The van der Waals surface area contributed by atoms with Crippen molar-refractivity contribution in [3.63, 3.8) is 0 Å². The maximum absolute atomic E-state index is 13.1. The third-order valence-electron chi connectivity index (χ3n) is 3.18. The molecule has 1 fully saturated rings. The molecular formula is C11H15FN2O3. The lowest BCUT2D eigenvalue weighted by Gasteiger charge is -2.14. The number of hydrogen-bond donors (Lipinski definition) is 1. The van der Waals surface area contributed by atoms with Gasteiger partial charge in [0.15, 0.2) is 0 Å². The Morgan fingerprint density at radius 3 is 2.88 bits per heavy atom. The zero-order chi connectivity index (χ0) is 12.6. The minimum Gasteiger partial charge on any atom is -0.354 e. The topological polar surface area (TPSA) is 64.1 Å². The van der Waals surface area contributed by atoms with E-state index in [-0.39, 0.29) is 6.10 Å². The smallest absolute Gasteiger partial charge is 0.330 e. The number of H-pyrrole nitrogens is 1. The van der Waals surface area contributed by atoms with E-state index in [1.54, 1.807) is 0 Å². The van der Waals surface area contributed by atoms with Crippen LogP contribution in [0.25, 0.3) is 0 Å². The summed E-state index contributed by atoms with van der Waals surface area (Å²) in [7, 11) is 0. The molecule has 6 heteroatoms. The molecule has 0 spiro atoms. The van der Waals surface area contributed by atoms with Crippen LogP contribution < -0.4 is 11.2 Å². The maximum Gasteiger partial charge on any atom is 0.330 e. The van der Waals surface area contributed by atoms with Crippen LogP contribution in [-0.4, -0.2) is 15.7 Å². The molecule has 0 radical (unpaired) electrons. The molecule has 1 aliphatic rings. The lowest BCUT2D eigenvalue weighted by Crippen LogP contribution is -2.33. The van der Waals surface area contributed by atoms with Gasteiger partial charge in [-0.05, 0) is 18.8 Å². The minimum atomic E-state index is -0.996. The van der Waals surface area contributed by atoms with Crippen LogP contribution in [0.2, 0.25) is 0 Å². The van der Waals surface area contributed by atoms with Crippen LogP contribution in [-0.2, 0) is 4.74 Å². The van der Waals surface area contributed by atoms with Crippen LogP contribution in [0.3, 0.4) is 0 Å². The maximum atomic E-state index is 13.1. The van der Waals surface area contributed by atoms with Gasteiger partial charge in [-0.15, -0.1) is 0 Å². The van der Waals surface area contributed by atoms with Gasteiger partial charge < -0.3 is 4.74 Å². The molecule has 1 saturated heterocycles. The van der Waals surface area contributed by atoms with Gasteiger partial charge in [0.1, 0.15) is 6.23 Å². The first-order valence-corrected chi connectivity index (χ1v) is 5.69. The average molecular weight is 242 g/mol. The Morgan fingerprint density at radius 1 is 1.59 bits per heavy atom. The van der Waals surface area contributed by atoms with Gasteiger partial charge in [-0.1, -0.05) is 13.8 Å². The number of halogens is 1. The van der Waals surface area contributed by atoms with Gasteiger partial charge in [0.25, 0.3) is 5.56 Å². The molecular weight excluding hydrogens is 227 g/mol. The lowest BCUT2D eigenvalue weighted by atomic mass is 10.0. The summed E-state index contributed by atoms with van der Waals surface area (Å²) in [5.41, 5.74) is -1.63. The van der Waals surface area contributed by atoms with E-state index in [1.807, 2.05) is 18.8 Å². The first-order chi connectivity index (χ1) is 8.02. The minimum absolute atomic E-state index is 0.0712. The Kier molecular flexibility index (Phi) is 3.15. The first-order valence-electron chi connectivity index (χ1n) is 5.69. The van der Waals surface area contributed by atoms with Gasteiger partial charge >= 0.3 is 5.69 Å². The molecule has 2 heterocycles. The Balaban J connectivity index is 2.34. The largest absolute Gasteiger partial charge is 0.354 e. The summed E-state index contributed by atoms with van der Waals surface area (Å²) < 4.78 is 19.9. The third-order valence-corrected chi connectivity index (χ3v) is 3.18. The predicted octanol–water partition coefficient (Wildman–Crippen LogP) is 1.01. The summed E-state index contributed by atoms with van der Waals surface area (Å²) in [5, 5.41) is 0. The molecule has 0 amide bonds. The Labute approximate surface area is 97.2 Å². The fourth-order valence-corrected chi connectivity index (χ4v) is 2.21. The van der Waals surface area contributed by atoms with Crippen molar-refractivity contribution in [1.29, 1.82) is 0 Å². The third kappa shape index (κ3) is 2.17. The fourth-order valence-electron chi connectivity index (χ4n) is 2.21. The van der Waals surface area contributed by atoms with E-state index in [9.17, 15) is 14.0 Å². The Morgan fingerprint density at radius 2 is 2.29 bits per heavy atom. The molecule has 1 aromatic heterocycles. The molecule has 0 saturated carbocycles. The molecule has 0 aromatic carbocycles. The molecule has 1 aliphatic heterocycles. The van der Waals surface area contributed by atoms with Gasteiger partial charge in [0.2, 0.25) is 5.82 Å². The van der Waals surface area contributed by atoms with E-state index in [2.05, 4.69) is 0 Å². The quantitative estimate of drug-likeness (QED) is 0.841. The van der Waals surface area contributed by atoms with E-state index in [0.29, 0.717) is 12.3 Å². The van der Waals surface area contributed by atoms with Gasteiger partial charge in [0, 0.05) is 0 Å². The average Bonchev–Trinajstić information content (AvgIpc) is 2.65. The number of nitrogens with zero attached hydrogens (tertiary/aromatic N) is 1. The zero-order valence-corrected chi connectivity index (χ0v) is 9.77. The summed E-state index contributed by atoms with van der Waals surface area (Å²) in [5.74, 6) is -0.660. The molecule has 3 atom stereocenters. The molecule has 1 N–H and O–H groups in total. The summed E-state index contributed by atoms with van der Waals surface area (Å²) >= 11 is 0. The van der Waals surface area contributed by atoms with E-state index in [0.717, 1.165) is 17.2 Å². The lowest BCUT2D eigenvalue weighted by molar-refractivity contribution is -0.00813. The standard InChI is InChI=1S/C11H15FN2O3/c1-3-8-6(2)4-9(17-8)14-5-7(12)10(15)13-11(14)16/h5-6,8-9H,3-4H2,1-2H3,(H,13,15,16)/t6-,8+,9+/m0/s1. The van der Waals surface area contributed by atoms with Crippen LogP contribution in [0.5, 0.6) is 0 Å². The number of rotatable bonds is 2. The predicted molar refractivity (Wildman–Crippen MR) is 59.3 cm³/mol. The van der Waals surface area contributed by atoms with Crippen molar-refractivity contribution in [3.8, 4) is 0 Å². The van der Waals surface area contributed by atoms with Crippen molar-refractivity contribution < 1.29 is 9.13 Å². The van der Waals surface area contributed by atoms with Gasteiger partial charge in [-0.2, -0.15) is 4.39 Å². The van der Waals surface area contributed by atoms with Crippen molar-refractivity contribution in [2.24, 2.45) is 5.92 Å². The summed E-state index contributed by atoms with van der Waals surface area (Å²) in [6, 6.07) is 0. The Hall–Kier alpha value is -1.43. The zero-order valence-electron chi connectivity index (χ0n) is 9.77. The number of aromatic nitrogens is 2. The monoisotopic (exact) mass is 242 g/mol. The van der Waals surface area contributed by atoms with Crippen LogP contribution in [0.15, 0.2) is 15.8 Å². The molecule has 1 aromatic rings. The van der Waals surface area contributed by atoms with Gasteiger partial charge in [-0.25, -0.2) is 4.79 Å². The molecule has 0 bridgehead atoms. The van der Waals surface area contributed by atoms with Crippen LogP contribution in [0, 0.1) is 11.7 Å².